The van der Waals surface area contributed by atoms with E-state index in [0.717, 1.165) is 12.8 Å². The van der Waals surface area contributed by atoms with E-state index in [1.807, 2.05) is 6.92 Å². The molecule has 3 N–H and O–H groups in total. The van der Waals surface area contributed by atoms with Gasteiger partial charge in [0.25, 0.3) is 0 Å². The van der Waals surface area contributed by atoms with E-state index in [2.05, 4.69) is 12.2 Å². The van der Waals surface area contributed by atoms with Crippen molar-refractivity contribution in [2.24, 2.45) is 11.1 Å². The first-order chi connectivity index (χ1) is 7.92. The van der Waals surface area contributed by atoms with Gasteiger partial charge in [-0.05, 0) is 19.8 Å². The number of rotatable bonds is 8. The number of hydrogen-bond donors (Lipinski definition) is 2. The Kier molecular flexibility index (Phi) is 7.30. The summed E-state index contributed by atoms with van der Waals surface area (Å²) >= 11 is 4.97. The number of carbonyl (C=O) groups excluding carboxylic acids is 1. The number of hydrogen-bond acceptors (Lipinski definition) is 3. The van der Waals surface area contributed by atoms with Gasteiger partial charge >= 0.3 is 0 Å². The van der Waals surface area contributed by atoms with Crippen LogP contribution in [0, 0.1) is 5.41 Å². The van der Waals surface area contributed by atoms with Crippen molar-refractivity contribution in [3.63, 3.8) is 0 Å². The molecule has 100 valence electrons. The zero-order chi connectivity index (χ0) is 13.5. The van der Waals surface area contributed by atoms with Gasteiger partial charge in [0.05, 0.1) is 23.1 Å². The molecule has 0 bridgehead atoms. The highest BCUT2D eigenvalue weighted by Crippen LogP contribution is 2.22. The Balaban J connectivity index is 4.62. The summed E-state index contributed by atoms with van der Waals surface area (Å²) < 4.78 is 5.09. The van der Waals surface area contributed by atoms with Gasteiger partial charge in [-0.3, -0.25) is 4.79 Å². The van der Waals surface area contributed by atoms with Gasteiger partial charge < -0.3 is 15.8 Å². The van der Waals surface area contributed by atoms with E-state index < -0.39 is 5.41 Å². The van der Waals surface area contributed by atoms with E-state index >= 15 is 0 Å². The lowest BCUT2D eigenvalue weighted by Crippen LogP contribution is -2.50. The molecule has 0 heterocycles. The molecule has 0 aromatic carbocycles. The fourth-order valence-electron chi connectivity index (χ4n) is 1.54. The van der Waals surface area contributed by atoms with E-state index in [9.17, 15) is 4.79 Å². The van der Waals surface area contributed by atoms with Gasteiger partial charge in [0.1, 0.15) is 0 Å². The maximum absolute atomic E-state index is 12.2. The summed E-state index contributed by atoms with van der Waals surface area (Å²) in [4.78, 5) is 12.4. The number of methoxy groups -OCH3 is 1. The summed E-state index contributed by atoms with van der Waals surface area (Å²) in [5.41, 5.74) is 4.88. The summed E-state index contributed by atoms with van der Waals surface area (Å²) in [6, 6.07) is 0.0257. The van der Waals surface area contributed by atoms with Crippen molar-refractivity contribution in [3.8, 4) is 0 Å². The van der Waals surface area contributed by atoms with Crippen molar-refractivity contribution in [1.82, 2.24) is 5.32 Å². The predicted octanol–water partition coefficient (Wildman–Crippen LogP) is 1.62. The molecule has 0 saturated carbocycles. The second kappa shape index (κ2) is 7.61. The second-order valence-electron chi connectivity index (χ2n) is 4.46. The number of nitrogens with one attached hydrogen (secondary N) is 1. The topological polar surface area (TPSA) is 64.3 Å². The molecule has 2 atom stereocenters. The molecule has 5 heteroatoms. The predicted molar refractivity (Wildman–Crippen MR) is 73.9 cm³/mol. The van der Waals surface area contributed by atoms with E-state index in [4.69, 9.17) is 22.7 Å². The summed E-state index contributed by atoms with van der Waals surface area (Å²) in [7, 11) is 1.63. The summed E-state index contributed by atoms with van der Waals surface area (Å²) in [5, 5.41) is 2.96. The van der Waals surface area contributed by atoms with Crippen LogP contribution < -0.4 is 11.1 Å². The zero-order valence-electron chi connectivity index (χ0n) is 11.2. The molecule has 4 nitrogen and oxygen atoms in total. The molecule has 17 heavy (non-hydrogen) atoms. The number of amides is 1. The molecule has 0 rings (SSSR count). The smallest absolute Gasteiger partial charge is 0.233 e. The lowest BCUT2D eigenvalue weighted by Gasteiger charge is -2.28. The number of thiocarbonyl (C=S) groups is 1. The third-order valence-electron chi connectivity index (χ3n) is 3.09. The molecule has 0 aromatic heterocycles. The van der Waals surface area contributed by atoms with Gasteiger partial charge in [0.2, 0.25) is 5.91 Å². The van der Waals surface area contributed by atoms with E-state index in [1.54, 1.807) is 14.0 Å². The highest BCUT2D eigenvalue weighted by atomic mass is 32.1. The van der Waals surface area contributed by atoms with Crippen LogP contribution in [0.25, 0.3) is 0 Å². The number of nitrogens with two attached hydrogens (primary N) is 1. The third-order valence-corrected chi connectivity index (χ3v) is 3.54. The molecule has 0 fully saturated rings. The fourth-order valence-corrected chi connectivity index (χ4v) is 1.78. The molecule has 0 saturated heterocycles. The highest BCUT2D eigenvalue weighted by molar-refractivity contribution is 7.80. The van der Waals surface area contributed by atoms with Crippen LogP contribution in [0.3, 0.4) is 0 Å². The molecule has 2 unspecified atom stereocenters. The quantitative estimate of drug-likeness (QED) is 0.651. The first-order valence-corrected chi connectivity index (χ1v) is 6.43. The molecular formula is C12H24N2O2S. The van der Waals surface area contributed by atoms with E-state index in [0.29, 0.717) is 13.0 Å². The summed E-state index contributed by atoms with van der Waals surface area (Å²) in [6.07, 6.45) is 2.47. The van der Waals surface area contributed by atoms with Crippen molar-refractivity contribution in [2.75, 3.05) is 13.7 Å². The lowest BCUT2D eigenvalue weighted by atomic mass is 9.86. The van der Waals surface area contributed by atoms with Gasteiger partial charge in [-0.2, -0.15) is 0 Å². The molecule has 0 radical (unpaired) electrons. The average Bonchev–Trinajstić information content (AvgIpc) is 2.28. The van der Waals surface area contributed by atoms with Crippen molar-refractivity contribution >= 4 is 23.1 Å². The second-order valence-corrected chi connectivity index (χ2v) is 4.90. The molecule has 0 aliphatic rings. The molecule has 0 aromatic rings. The largest absolute Gasteiger partial charge is 0.392 e. The maximum atomic E-state index is 12.2. The Morgan fingerprint density at radius 1 is 1.53 bits per heavy atom. The Labute approximate surface area is 109 Å². The Morgan fingerprint density at radius 3 is 2.47 bits per heavy atom. The minimum atomic E-state index is -0.769. The summed E-state index contributed by atoms with van der Waals surface area (Å²) in [6.45, 7) is 6.27. The van der Waals surface area contributed by atoms with Crippen molar-refractivity contribution in [1.29, 1.82) is 0 Å². The van der Waals surface area contributed by atoms with Crippen molar-refractivity contribution in [3.05, 3.63) is 0 Å². The van der Waals surface area contributed by atoms with E-state index in [-0.39, 0.29) is 16.9 Å². The normalized spacial score (nSPS) is 16.0. The van der Waals surface area contributed by atoms with Crippen molar-refractivity contribution < 1.29 is 9.53 Å². The van der Waals surface area contributed by atoms with Crippen LogP contribution in [0.4, 0.5) is 0 Å². The first kappa shape index (κ1) is 16.3. The van der Waals surface area contributed by atoms with Crippen LogP contribution in [-0.2, 0) is 9.53 Å². The minimum absolute atomic E-state index is 0.0257. The van der Waals surface area contributed by atoms with Gasteiger partial charge in [0, 0.05) is 7.11 Å². The molecule has 0 aliphatic carbocycles. The fraction of sp³-hybridized carbons (Fsp3) is 0.833. The maximum Gasteiger partial charge on any atom is 0.233 e. The zero-order valence-corrected chi connectivity index (χ0v) is 12.0. The SMILES string of the molecule is CCCC(COC)NC(=O)C(C)(CC)C(N)=S. The first-order valence-electron chi connectivity index (χ1n) is 6.02. The van der Waals surface area contributed by atoms with Crippen LogP contribution in [-0.4, -0.2) is 30.7 Å². The molecule has 1 amide bonds. The van der Waals surface area contributed by atoms with Gasteiger partial charge in [-0.15, -0.1) is 0 Å². The molecule has 0 aliphatic heterocycles. The average molecular weight is 260 g/mol. The van der Waals surface area contributed by atoms with Crippen LogP contribution in [0.15, 0.2) is 0 Å². The van der Waals surface area contributed by atoms with Crippen LogP contribution in [0.5, 0.6) is 0 Å². The third kappa shape index (κ3) is 4.60. The standard InChI is InChI=1S/C12H24N2O2S/c1-5-7-9(8-16-4)14-11(15)12(3,6-2)10(13)17/h9H,5-8H2,1-4H3,(H2,13,17)(H,14,15). The van der Waals surface area contributed by atoms with Crippen molar-refractivity contribution in [2.45, 2.75) is 46.1 Å². The molecular weight excluding hydrogens is 236 g/mol. The Hall–Kier alpha value is -0.680. The summed E-state index contributed by atoms with van der Waals surface area (Å²) in [5.74, 6) is -0.108. The Bertz CT molecular complexity index is 265. The molecule has 0 spiro atoms. The highest BCUT2D eigenvalue weighted by Gasteiger charge is 2.35. The van der Waals surface area contributed by atoms with Gasteiger partial charge in [-0.1, -0.05) is 32.5 Å². The van der Waals surface area contributed by atoms with Gasteiger partial charge in [0.15, 0.2) is 0 Å². The van der Waals surface area contributed by atoms with Crippen LogP contribution in [0.2, 0.25) is 0 Å². The monoisotopic (exact) mass is 260 g/mol. The van der Waals surface area contributed by atoms with Crippen LogP contribution in [0.1, 0.15) is 40.0 Å². The Morgan fingerprint density at radius 2 is 2.12 bits per heavy atom. The lowest BCUT2D eigenvalue weighted by molar-refractivity contribution is -0.128. The number of carbonyl (C=O) groups is 1. The van der Waals surface area contributed by atoms with Gasteiger partial charge in [-0.25, -0.2) is 0 Å². The number of ether oxygens (including phenoxy) is 1. The van der Waals surface area contributed by atoms with E-state index in [1.165, 1.54) is 0 Å². The van der Waals surface area contributed by atoms with Crippen LogP contribution >= 0.6 is 12.2 Å². The minimum Gasteiger partial charge on any atom is -0.392 e.